The van der Waals surface area contributed by atoms with E-state index in [0.717, 1.165) is 0 Å². The molecule has 128 valence electrons. The van der Waals surface area contributed by atoms with Crippen molar-refractivity contribution in [3.63, 3.8) is 0 Å². The van der Waals surface area contributed by atoms with Crippen molar-refractivity contribution in [2.45, 2.75) is 39.3 Å². The van der Waals surface area contributed by atoms with Crippen LogP contribution in [0.3, 0.4) is 0 Å². The molecule has 1 rings (SSSR count). The number of carbonyl (C=O) groups excluding carboxylic acids is 1. The largest absolute Gasteiger partial charge is 0.490 e. The maximum absolute atomic E-state index is 11.7. The zero-order valence-corrected chi connectivity index (χ0v) is 13.8. The number of carboxylic acid groups (broad SMARTS) is 1. The lowest BCUT2D eigenvalue weighted by Gasteiger charge is -2.22. The molecule has 1 atom stereocenters. The average molecular weight is 325 g/mol. The lowest BCUT2D eigenvalue weighted by Crippen LogP contribution is -2.46. The van der Waals surface area contributed by atoms with Crippen LogP contribution in [0.5, 0.6) is 11.5 Å². The zero-order valence-electron chi connectivity index (χ0n) is 13.8. The summed E-state index contributed by atoms with van der Waals surface area (Å²) in [6.07, 6.45) is -0.813. The highest BCUT2D eigenvalue weighted by Crippen LogP contribution is 2.26. The number of nitrogens with one attached hydrogen (secondary N) is 1. The predicted octanol–water partition coefficient (Wildman–Crippen LogP) is 2.44. The summed E-state index contributed by atoms with van der Waals surface area (Å²) < 4.78 is 15.9. The summed E-state index contributed by atoms with van der Waals surface area (Å²) in [7, 11) is 0. The molecule has 0 unspecified atom stereocenters. The summed E-state index contributed by atoms with van der Waals surface area (Å²) in [4.78, 5) is 22.9. The number of alkyl carbamates (subject to hydrolysis) is 1. The fourth-order valence-electron chi connectivity index (χ4n) is 1.64. The highest BCUT2D eigenvalue weighted by atomic mass is 16.6. The number of hydrogen-bond acceptors (Lipinski definition) is 5. The van der Waals surface area contributed by atoms with Crippen molar-refractivity contribution in [3.8, 4) is 11.5 Å². The van der Waals surface area contributed by atoms with Crippen LogP contribution in [0.15, 0.2) is 24.3 Å². The van der Waals surface area contributed by atoms with Crippen LogP contribution in [0, 0.1) is 0 Å². The van der Waals surface area contributed by atoms with Crippen LogP contribution in [0.4, 0.5) is 4.79 Å². The number of benzene rings is 1. The number of carboxylic acids is 1. The Morgan fingerprint density at radius 2 is 1.74 bits per heavy atom. The van der Waals surface area contributed by atoms with E-state index in [9.17, 15) is 14.7 Å². The number of hydrogen-bond donors (Lipinski definition) is 2. The molecule has 7 heteroatoms. The molecule has 0 saturated carbocycles. The van der Waals surface area contributed by atoms with Crippen molar-refractivity contribution < 1.29 is 28.9 Å². The molecule has 23 heavy (non-hydrogen) atoms. The van der Waals surface area contributed by atoms with Crippen LogP contribution in [0.1, 0.15) is 27.7 Å². The van der Waals surface area contributed by atoms with Gasteiger partial charge in [0, 0.05) is 0 Å². The van der Waals surface area contributed by atoms with Crippen molar-refractivity contribution in [1.29, 1.82) is 0 Å². The van der Waals surface area contributed by atoms with E-state index in [1.54, 1.807) is 45.0 Å². The van der Waals surface area contributed by atoms with Gasteiger partial charge >= 0.3 is 12.1 Å². The minimum absolute atomic E-state index is 0.251. The Labute approximate surface area is 135 Å². The monoisotopic (exact) mass is 325 g/mol. The van der Waals surface area contributed by atoms with Gasteiger partial charge in [-0.25, -0.2) is 9.59 Å². The lowest BCUT2D eigenvalue weighted by atomic mass is 10.2. The van der Waals surface area contributed by atoms with Crippen molar-refractivity contribution in [3.05, 3.63) is 24.3 Å². The molecule has 1 amide bonds. The molecular formula is C16H23NO6. The Balaban J connectivity index is 2.67. The summed E-state index contributed by atoms with van der Waals surface area (Å²) in [6.45, 7) is 7.12. The van der Waals surface area contributed by atoms with Crippen molar-refractivity contribution in [2.75, 3.05) is 13.2 Å². The number of ether oxygens (including phenoxy) is 3. The molecule has 0 fully saturated rings. The highest BCUT2D eigenvalue weighted by Gasteiger charge is 2.25. The zero-order chi connectivity index (χ0) is 17.5. The molecule has 0 spiro atoms. The number of amides is 1. The Morgan fingerprint density at radius 3 is 2.22 bits per heavy atom. The Hall–Kier alpha value is -2.44. The van der Waals surface area contributed by atoms with E-state index in [0.29, 0.717) is 18.1 Å². The first-order chi connectivity index (χ1) is 10.7. The van der Waals surface area contributed by atoms with Gasteiger partial charge in [0.05, 0.1) is 6.61 Å². The van der Waals surface area contributed by atoms with Crippen LogP contribution in [-0.2, 0) is 9.53 Å². The lowest BCUT2D eigenvalue weighted by molar-refractivity contribution is -0.140. The van der Waals surface area contributed by atoms with Crippen LogP contribution in [0.25, 0.3) is 0 Å². The second kappa shape index (κ2) is 8.26. The molecule has 0 heterocycles. The fraction of sp³-hybridized carbons (Fsp3) is 0.500. The van der Waals surface area contributed by atoms with Crippen molar-refractivity contribution >= 4 is 12.1 Å². The Morgan fingerprint density at radius 1 is 1.17 bits per heavy atom. The SMILES string of the molecule is CCOc1ccccc1OC[C@@H](NC(=O)OC(C)(C)C)C(=O)O. The van der Waals surface area contributed by atoms with Gasteiger partial charge in [0.15, 0.2) is 17.5 Å². The van der Waals surface area contributed by atoms with Crippen LogP contribution < -0.4 is 14.8 Å². The van der Waals surface area contributed by atoms with E-state index in [2.05, 4.69) is 5.32 Å². The van der Waals surface area contributed by atoms with Crippen LogP contribution in [-0.4, -0.2) is 42.0 Å². The average Bonchev–Trinajstić information content (AvgIpc) is 2.43. The van der Waals surface area contributed by atoms with Crippen molar-refractivity contribution in [1.82, 2.24) is 5.32 Å². The Kier molecular flexibility index (Phi) is 6.68. The first kappa shape index (κ1) is 18.6. The molecule has 0 aliphatic rings. The first-order valence-electron chi connectivity index (χ1n) is 7.30. The third-order valence-corrected chi connectivity index (χ3v) is 2.54. The van der Waals surface area contributed by atoms with Gasteiger partial charge < -0.3 is 24.6 Å². The smallest absolute Gasteiger partial charge is 0.408 e. The van der Waals surface area contributed by atoms with Gasteiger partial charge in [0.2, 0.25) is 0 Å². The summed E-state index contributed by atoms with van der Waals surface area (Å²) >= 11 is 0. The van der Waals surface area contributed by atoms with E-state index in [1.807, 2.05) is 6.92 Å². The molecule has 0 radical (unpaired) electrons. The van der Waals surface area contributed by atoms with Crippen LogP contribution in [0.2, 0.25) is 0 Å². The van der Waals surface area contributed by atoms with Gasteiger partial charge in [-0.05, 0) is 39.8 Å². The molecule has 7 nitrogen and oxygen atoms in total. The van der Waals surface area contributed by atoms with Gasteiger partial charge in [-0.1, -0.05) is 12.1 Å². The minimum Gasteiger partial charge on any atom is -0.490 e. The van der Waals surface area contributed by atoms with E-state index >= 15 is 0 Å². The number of aliphatic carboxylic acids is 1. The topological polar surface area (TPSA) is 94.1 Å². The van der Waals surface area contributed by atoms with Gasteiger partial charge in [-0.15, -0.1) is 0 Å². The minimum atomic E-state index is -1.24. The number of carbonyl (C=O) groups is 2. The second-order valence-electron chi connectivity index (χ2n) is 5.73. The summed E-state index contributed by atoms with van der Waals surface area (Å²) in [5.74, 6) is -0.298. The molecular weight excluding hydrogens is 302 g/mol. The van der Waals surface area contributed by atoms with E-state index in [1.165, 1.54) is 0 Å². The van der Waals surface area contributed by atoms with E-state index < -0.39 is 23.7 Å². The number of para-hydroxylation sites is 2. The highest BCUT2D eigenvalue weighted by molar-refractivity contribution is 5.80. The molecule has 0 aliphatic carbocycles. The molecule has 0 bridgehead atoms. The third kappa shape index (κ3) is 6.90. The number of rotatable bonds is 7. The maximum Gasteiger partial charge on any atom is 0.408 e. The maximum atomic E-state index is 11.7. The summed E-state index contributed by atoms with van der Waals surface area (Å²) in [5, 5.41) is 11.5. The van der Waals surface area contributed by atoms with Gasteiger partial charge in [0.1, 0.15) is 12.2 Å². The van der Waals surface area contributed by atoms with Gasteiger partial charge in [0.25, 0.3) is 0 Å². The second-order valence-corrected chi connectivity index (χ2v) is 5.73. The fourth-order valence-corrected chi connectivity index (χ4v) is 1.64. The molecule has 0 saturated heterocycles. The summed E-state index contributed by atoms with van der Waals surface area (Å²) in [6, 6.07) is 5.67. The molecule has 0 aromatic heterocycles. The standard InChI is InChI=1S/C16H23NO6/c1-5-21-12-8-6-7-9-13(12)22-10-11(14(18)19)17-15(20)23-16(2,3)4/h6-9,11H,5,10H2,1-4H3,(H,17,20)(H,18,19)/t11-/m1/s1. The summed E-state index contributed by atoms with van der Waals surface area (Å²) in [5.41, 5.74) is -0.713. The normalized spacial score (nSPS) is 12.2. The third-order valence-electron chi connectivity index (χ3n) is 2.54. The van der Waals surface area contributed by atoms with E-state index in [-0.39, 0.29) is 6.61 Å². The molecule has 1 aromatic carbocycles. The van der Waals surface area contributed by atoms with Crippen LogP contribution >= 0.6 is 0 Å². The van der Waals surface area contributed by atoms with Gasteiger partial charge in [-0.2, -0.15) is 0 Å². The van der Waals surface area contributed by atoms with Crippen molar-refractivity contribution in [2.24, 2.45) is 0 Å². The molecule has 2 N–H and O–H groups in total. The van der Waals surface area contributed by atoms with E-state index in [4.69, 9.17) is 14.2 Å². The Bertz CT molecular complexity index is 538. The molecule has 0 aliphatic heterocycles. The quantitative estimate of drug-likeness (QED) is 0.799. The first-order valence-corrected chi connectivity index (χ1v) is 7.30. The van der Waals surface area contributed by atoms with Gasteiger partial charge in [-0.3, -0.25) is 0 Å². The predicted molar refractivity (Wildman–Crippen MR) is 83.9 cm³/mol. The molecule has 1 aromatic rings.